The fourth-order valence-corrected chi connectivity index (χ4v) is 1.69. The van der Waals surface area contributed by atoms with Crippen molar-refractivity contribution in [1.29, 1.82) is 0 Å². The molecule has 0 N–H and O–H groups in total. The van der Waals surface area contributed by atoms with Gasteiger partial charge in [0.05, 0.1) is 32.7 Å². The zero-order chi connectivity index (χ0) is 12.5. The molecule has 2 aliphatic rings. The summed E-state index contributed by atoms with van der Waals surface area (Å²) in [6.45, 7) is 0.604. The summed E-state index contributed by atoms with van der Waals surface area (Å²) in [5, 5.41) is 10.2. The Balaban J connectivity index is 2.03. The van der Waals surface area contributed by atoms with E-state index in [9.17, 15) is 9.59 Å². The van der Waals surface area contributed by atoms with Crippen LogP contribution in [0.3, 0.4) is 0 Å². The minimum atomic E-state index is -0.539. The second-order valence-corrected chi connectivity index (χ2v) is 3.78. The molecular formula is C9H12N4O4. The second-order valence-electron chi connectivity index (χ2n) is 3.78. The van der Waals surface area contributed by atoms with E-state index >= 15 is 0 Å². The largest absolute Gasteiger partial charge is 0.451 e. The fraction of sp³-hybridized carbons (Fsp3) is 0.556. The van der Waals surface area contributed by atoms with E-state index < -0.39 is 17.6 Å². The van der Waals surface area contributed by atoms with Gasteiger partial charge in [-0.05, 0) is 0 Å². The molecule has 0 fully saturated rings. The maximum absolute atomic E-state index is 11.3. The number of carbonyl (C=O) groups is 2. The van der Waals surface area contributed by atoms with Gasteiger partial charge < -0.3 is 9.47 Å². The number of rotatable bonds is 0. The molecule has 17 heavy (non-hydrogen) atoms. The quantitative estimate of drug-likeness (QED) is 0.601. The van der Waals surface area contributed by atoms with E-state index in [-0.39, 0.29) is 0 Å². The predicted octanol–water partition coefficient (Wildman–Crippen LogP) is 0.108. The minimum absolute atomic E-state index is 0.302. The lowest BCUT2D eigenvalue weighted by Crippen LogP contribution is -2.39. The van der Waals surface area contributed by atoms with E-state index in [0.29, 0.717) is 13.1 Å². The van der Waals surface area contributed by atoms with Crippen molar-refractivity contribution in [2.45, 2.75) is 0 Å². The Morgan fingerprint density at radius 1 is 1.06 bits per heavy atom. The van der Waals surface area contributed by atoms with E-state index in [4.69, 9.17) is 0 Å². The third-order valence-corrected chi connectivity index (χ3v) is 2.57. The van der Waals surface area contributed by atoms with Gasteiger partial charge in [-0.2, -0.15) is 20.2 Å². The SMILES string of the molecule is COC(=O)N1CC2(C=N1)C=NN(C(=O)OC)C2. The molecule has 0 aromatic heterocycles. The molecule has 2 rings (SSSR count). The Morgan fingerprint density at radius 2 is 1.47 bits per heavy atom. The average Bonchev–Trinajstić information content (AvgIpc) is 2.96. The van der Waals surface area contributed by atoms with Gasteiger partial charge in [-0.1, -0.05) is 0 Å². The van der Waals surface area contributed by atoms with Crippen molar-refractivity contribution < 1.29 is 19.1 Å². The number of hydrogen-bond donors (Lipinski definition) is 0. The van der Waals surface area contributed by atoms with Crippen molar-refractivity contribution in [1.82, 2.24) is 10.0 Å². The number of methoxy groups -OCH3 is 2. The maximum Gasteiger partial charge on any atom is 0.430 e. The standard InChI is InChI=1S/C9H12N4O4/c1-16-7(14)12-5-9(3-10-12)4-11-13(6-9)8(15)17-2/h3-4H,5-6H2,1-2H3. The van der Waals surface area contributed by atoms with Crippen LogP contribution in [0.15, 0.2) is 10.2 Å². The number of hydrogen-bond acceptors (Lipinski definition) is 6. The van der Waals surface area contributed by atoms with Gasteiger partial charge in [0.15, 0.2) is 0 Å². The molecule has 0 aromatic carbocycles. The maximum atomic E-state index is 11.3. The lowest BCUT2D eigenvalue weighted by molar-refractivity contribution is 0.115. The van der Waals surface area contributed by atoms with Crippen LogP contribution in [0.2, 0.25) is 0 Å². The van der Waals surface area contributed by atoms with Gasteiger partial charge in [0, 0.05) is 12.4 Å². The normalized spacial score (nSPS) is 20.1. The van der Waals surface area contributed by atoms with Gasteiger partial charge >= 0.3 is 12.2 Å². The third kappa shape index (κ3) is 1.93. The number of hydrazone groups is 2. The van der Waals surface area contributed by atoms with Crippen LogP contribution >= 0.6 is 0 Å². The molecule has 8 nitrogen and oxygen atoms in total. The van der Waals surface area contributed by atoms with Gasteiger partial charge in [-0.25, -0.2) is 9.59 Å². The first-order valence-corrected chi connectivity index (χ1v) is 4.91. The van der Waals surface area contributed by atoms with Crippen LogP contribution < -0.4 is 0 Å². The highest BCUT2D eigenvalue weighted by Crippen LogP contribution is 2.27. The Morgan fingerprint density at radius 3 is 1.82 bits per heavy atom. The molecule has 0 atom stereocenters. The minimum Gasteiger partial charge on any atom is -0.451 e. The van der Waals surface area contributed by atoms with Crippen LogP contribution in [0.25, 0.3) is 0 Å². The second kappa shape index (κ2) is 4.04. The van der Waals surface area contributed by atoms with Crippen LogP contribution in [0, 0.1) is 5.41 Å². The number of nitrogens with zero attached hydrogens (tertiary/aromatic N) is 4. The monoisotopic (exact) mass is 240 g/mol. The van der Waals surface area contributed by atoms with Crippen molar-refractivity contribution in [2.75, 3.05) is 27.3 Å². The molecule has 0 saturated carbocycles. The summed E-state index contributed by atoms with van der Waals surface area (Å²) in [5.74, 6) is 0. The van der Waals surface area contributed by atoms with E-state index in [1.165, 1.54) is 24.2 Å². The van der Waals surface area contributed by atoms with Crippen LogP contribution in [-0.4, -0.2) is 61.9 Å². The highest BCUT2D eigenvalue weighted by Gasteiger charge is 2.43. The van der Waals surface area contributed by atoms with Gasteiger partial charge in [0.2, 0.25) is 0 Å². The Bertz CT molecular complexity index is 368. The molecular weight excluding hydrogens is 228 g/mol. The summed E-state index contributed by atoms with van der Waals surface area (Å²) >= 11 is 0. The lowest BCUT2D eigenvalue weighted by atomic mass is 9.93. The fourth-order valence-electron chi connectivity index (χ4n) is 1.69. The topological polar surface area (TPSA) is 83.8 Å². The molecule has 2 amide bonds. The average molecular weight is 240 g/mol. The molecule has 0 saturated heterocycles. The summed E-state index contributed by atoms with van der Waals surface area (Å²) in [6.07, 6.45) is 2.08. The first-order chi connectivity index (χ1) is 8.10. The first kappa shape index (κ1) is 11.4. The molecule has 0 aliphatic carbocycles. The zero-order valence-corrected chi connectivity index (χ0v) is 9.49. The van der Waals surface area contributed by atoms with Gasteiger partial charge in [-0.3, -0.25) is 0 Å². The van der Waals surface area contributed by atoms with Crippen molar-refractivity contribution in [3.05, 3.63) is 0 Å². The predicted molar refractivity (Wildman–Crippen MR) is 57.6 cm³/mol. The van der Waals surface area contributed by atoms with Crippen molar-refractivity contribution in [3.8, 4) is 0 Å². The summed E-state index contributed by atoms with van der Waals surface area (Å²) in [6, 6.07) is 0. The lowest BCUT2D eigenvalue weighted by Gasteiger charge is -2.19. The number of carbonyl (C=O) groups excluding carboxylic acids is 2. The molecule has 0 bridgehead atoms. The third-order valence-electron chi connectivity index (χ3n) is 2.57. The van der Waals surface area contributed by atoms with Crippen LogP contribution in [0.1, 0.15) is 0 Å². The number of amides is 2. The van der Waals surface area contributed by atoms with Gasteiger partial charge in [0.1, 0.15) is 0 Å². The molecule has 0 radical (unpaired) electrons. The smallest absolute Gasteiger partial charge is 0.430 e. The van der Waals surface area contributed by atoms with E-state index in [1.54, 1.807) is 12.4 Å². The van der Waals surface area contributed by atoms with Crippen LogP contribution in [0.5, 0.6) is 0 Å². The summed E-state index contributed by atoms with van der Waals surface area (Å²) in [4.78, 5) is 22.5. The summed E-state index contributed by atoms with van der Waals surface area (Å²) in [7, 11) is 2.57. The Labute approximate surface area is 97.4 Å². The van der Waals surface area contributed by atoms with Gasteiger partial charge in [-0.15, -0.1) is 0 Å². The molecule has 1 spiro atoms. The van der Waals surface area contributed by atoms with Crippen LogP contribution in [0.4, 0.5) is 9.59 Å². The zero-order valence-electron chi connectivity index (χ0n) is 9.49. The van der Waals surface area contributed by atoms with E-state index in [1.807, 2.05) is 0 Å². The summed E-state index contributed by atoms with van der Waals surface area (Å²) < 4.78 is 9.11. The van der Waals surface area contributed by atoms with Gasteiger partial charge in [0.25, 0.3) is 0 Å². The molecule has 0 aromatic rings. The molecule has 0 unspecified atom stereocenters. The van der Waals surface area contributed by atoms with Crippen molar-refractivity contribution in [3.63, 3.8) is 0 Å². The van der Waals surface area contributed by atoms with E-state index in [2.05, 4.69) is 19.7 Å². The molecule has 92 valence electrons. The van der Waals surface area contributed by atoms with Crippen LogP contribution in [-0.2, 0) is 9.47 Å². The molecule has 2 heterocycles. The van der Waals surface area contributed by atoms with Crippen molar-refractivity contribution >= 4 is 24.6 Å². The highest BCUT2D eigenvalue weighted by molar-refractivity contribution is 5.95. The Kier molecular flexibility index (Phi) is 2.70. The highest BCUT2D eigenvalue weighted by atomic mass is 16.5. The first-order valence-electron chi connectivity index (χ1n) is 4.91. The Hall–Kier alpha value is -2.12. The number of ether oxygens (including phenoxy) is 2. The molecule has 2 aliphatic heterocycles. The summed E-state index contributed by atoms with van der Waals surface area (Å²) in [5.41, 5.74) is -0.539. The molecule has 8 heteroatoms. The van der Waals surface area contributed by atoms with E-state index in [0.717, 1.165) is 0 Å². The van der Waals surface area contributed by atoms with Crippen molar-refractivity contribution in [2.24, 2.45) is 15.6 Å².